The zero-order valence-electron chi connectivity index (χ0n) is 10.5. The fourth-order valence-corrected chi connectivity index (χ4v) is 1.87. The van der Waals surface area contributed by atoms with Crippen LogP contribution in [0.2, 0.25) is 5.15 Å². The predicted octanol–water partition coefficient (Wildman–Crippen LogP) is 3.76. The molecule has 0 amide bonds. The Labute approximate surface area is 112 Å². The number of halogens is 1. The number of benzene rings is 1. The van der Waals surface area contributed by atoms with Gasteiger partial charge in [0.05, 0.1) is 6.61 Å². The minimum atomic E-state index is 0.471. The molecule has 1 aromatic heterocycles. The number of hydrogen-bond donors (Lipinski definition) is 0. The first-order valence-electron chi connectivity index (χ1n) is 5.99. The molecular weight excluding hydrogens is 248 g/mol. The van der Waals surface area contributed by atoms with E-state index in [2.05, 4.69) is 9.97 Å². The number of ether oxygens (including phenoxy) is 1. The maximum Gasteiger partial charge on any atom is 0.161 e. The van der Waals surface area contributed by atoms with Gasteiger partial charge in [0.25, 0.3) is 0 Å². The summed E-state index contributed by atoms with van der Waals surface area (Å²) in [4.78, 5) is 8.72. The Kier molecular flexibility index (Phi) is 4.15. The van der Waals surface area contributed by atoms with E-state index in [0.29, 0.717) is 17.6 Å². The monoisotopic (exact) mass is 262 g/mol. The molecule has 18 heavy (non-hydrogen) atoms. The van der Waals surface area contributed by atoms with Gasteiger partial charge in [0, 0.05) is 11.3 Å². The molecule has 4 heteroatoms. The fraction of sp³-hybridized carbons (Fsp3) is 0.286. The first kappa shape index (κ1) is 12.8. The molecule has 1 aromatic carbocycles. The van der Waals surface area contributed by atoms with Crippen molar-refractivity contribution in [3.63, 3.8) is 0 Å². The summed E-state index contributed by atoms with van der Waals surface area (Å²) in [6.07, 6.45) is 0.834. The molecule has 0 radical (unpaired) electrons. The molecule has 0 unspecified atom stereocenters. The predicted molar refractivity (Wildman–Crippen MR) is 73.0 cm³/mol. The van der Waals surface area contributed by atoms with Gasteiger partial charge in [0.2, 0.25) is 0 Å². The molecule has 2 aromatic rings. The van der Waals surface area contributed by atoms with Gasteiger partial charge in [-0.1, -0.05) is 30.7 Å². The van der Waals surface area contributed by atoms with Crippen molar-refractivity contribution in [2.24, 2.45) is 0 Å². The second kappa shape index (κ2) is 5.83. The van der Waals surface area contributed by atoms with Crippen molar-refractivity contribution in [1.82, 2.24) is 9.97 Å². The lowest BCUT2D eigenvalue weighted by Gasteiger charge is -2.06. The highest BCUT2D eigenvalue weighted by Crippen LogP contribution is 2.22. The molecule has 0 spiro atoms. The zero-order valence-corrected chi connectivity index (χ0v) is 11.2. The van der Waals surface area contributed by atoms with Crippen LogP contribution in [0.15, 0.2) is 30.3 Å². The van der Waals surface area contributed by atoms with Gasteiger partial charge in [-0.15, -0.1) is 0 Å². The lowest BCUT2D eigenvalue weighted by molar-refractivity contribution is 0.340. The Balaban J connectivity index is 2.41. The average Bonchev–Trinajstić information content (AvgIpc) is 2.39. The van der Waals surface area contributed by atoms with E-state index < -0.39 is 0 Å². The summed E-state index contributed by atoms with van der Waals surface area (Å²) in [6, 6.07) is 9.51. The highest BCUT2D eigenvalue weighted by atomic mass is 35.5. The molecular formula is C14H15ClN2O. The van der Waals surface area contributed by atoms with Gasteiger partial charge in [-0.3, -0.25) is 0 Å². The number of aryl methyl sites for hydroxylation is 1. The van der Waals surface area contributed by atoms with E-state index in [0.717, 1.165) is 23.4 Å². The van der Waals surface area contributed by atoms with Crippen molar-refractivity contribution in [3.8, 4) is 17.1 Å². The molecule has 0 saturated heterocycles. The summed E-state index contributed by atoms with van der Waals surface area (Å²) in [7, 11) is 0. The first-order valence-corrected chi connectivity index (χ1v) is 6.37. The van der Waals surface area contributed by atoms with E-state index >= 15 is 0 Å². The number of rotatable bonds is 4. The summed E-state index contributed by atoms with van der Waals surface area (Å²) >= 11 is 6.00. The van der Waals surface area contributed by atoms with E-state index in [4.69, 9.17) is 16.3 Å². The smallest absolute Gasteiger partial charge is 0.161 e. The largest absolute Gasteiger partial charge is 0.494 e. The first-order chi connectivity index (χ1) is 8.72. The molecule has 0 atom stereocenters. The Morgan fingerprint density at radius 1 is 1.17 bits per heavy atom. The van der Waals surface area contributed by atoms with Gasteiger partial charge in [0.15, 0.2) is 5.82 Å². The van der Waals surface area contributed by atoms with Gasteiger partial charge in [-0.25, -0.2) is 9.97 Å². The third kappa shape index (κ3) is 2.99. The molecule has 0 aliphatic heterocycles. The van der Waals surface area contributed by atoms with Crippen molar-refractivity contribution in [1.29, 1.82) is 0 Å². The maximum absolute atomic E-state index is 6.00. The molecule has 3 nitrogen and oxygen atoms in total. The summed E-state index contributed by atoms with van der Waals surface area (Å²) in [5.74, 6) is 1.46. The molecule has 0 N–H and O–H groups in total. The average molecular weight is 263 g/mol. The lowest BCUT2D eigenvalue weighted by Crippen LogP contribution is -1.96. The van der Waals surface area contributed by atoms with E-state index in [1.54, 1.807) is 6.07 Å². The van der Waals surface area contributed by atoms with Crippen molar-refractivity contribution in [2.75, 3.05) is 6.61 Å². The van der Waals surface area contributed by atoms with E-state index in [-0.39, 0.29) is 0 Å². The summed E-state index contributed by atoms with van der Waals surface area (Å²) in [5, 5.41) is 0.471. The minimum Gasteiger partial charge on any atom is -0.494 e. The third-order valence-corrected chi connectivity index (χ3v) is 2.71. The van der Waals surface area contributed by atoms with Crippen LogP contribution in [0, 0.1) is 0 Å². The molecule has 0 bridgehead atoms. The topological polar surface area (TPSA) is 35.0 Å². The van der Waals surface area contributed by atoms with Crippen molar-refractivity contribution >= 4 is 11.6 Å². The Bertz CT molecular complexity index is 543. The van der Waals surface area contributed by atoms with Crippen LogP contribution in [0.5, 0.6) is 5.75 Å². The quantitative estimate of drug-likeness (QED) is 0.787. The number of aromatic nitrogens is 2. The summed E-state index contributed by atoms with van der Waals surface area (Å²) in [6.45, 7) is 4.64. The van der Waals surface area contributed by atoms with Crippen LogP contribution in [0.4, 0.5) is 0 Å². The SMILES string of the molecule is CCOc1cccc(-c2nc(Cl)cc(CC)n2)c1. The molecule has 0 saturated carbocycles. The van der Waals surface area contributed by atoms with Crippen LogP contribution in [-0.2, 0) is 6.42 Å². The fourth-order valence-electron chi connectivity index (χ4n) is 1.67. The Morgan fingerprint density at radius 3 is 2.72 bits per heavy atom. The van der Waals surface area contributed by atoms with E-state index in [1.165, 1.54) is 0 Å². The van der Waals surface area contributed by atoms with Gasteiger partial charge >= 0.3 is 0 Å². The third-order valence-electron chi connectivity index (χ3n) is 2.51. The summed E-state index contributed by atoms with van der Waals surface area (Å²) in [5.41, 5.74) is 1.85. The van der Waals surface area contributed by atoms with Gasteiger partial charge < -0.3 is 4.74 Å². The van der Waals surface area contributed by atoms with Crippen molar-refractivity contribution in [2.45, 2.75) is 20.3 Å². The van der Waals surface area contributed by atoms with Crippen LogP contribution < -0.4 is 4.74 Å². The minimum absolute atomic E-state index is 0.471. The molecule has 2 rings (SSSR count). The van der Waals surface area contributed by atoms with E-state index in [9.17, 15) is 0 Å². The number of nitrogens with zero attached hydrogens (tertiary/aromatic N) is 2. The lowest BCUT2D eigenvalue weighted by atomic mass is 10.2. The van der Waals surface area contributed by atoms with Crippen LogP contribution in [0.3, 0.4) is 0 Å². The second-order valence-corrected chi connectivity index (χ2v) is 4.21. The zero-order chi connectivity index (χ0) is 13.0. The second-order valence-electron chi connectivity index (χ2n) is 3.82. The molecule has 0 fully saturated rings. The van der Waals surface area contributed by atoms with Crippen LogP contribution in [0.1, 0.15) is 19.5 Å². The highest BCUT2D eigenvalue weighted by molar-refractivity contribution is 6.29. The van der Waals surface area contributed by atoms with Gasteiger partial charge in [-0.05, 0) is 31.5 Å². The van der Waals surface area contributed by atoms with Gasteiger partial charge in [0.1, 0.15) is 10.9 Å². The van der Waals surface area contributed by atoms with Gasteiger partial charge in [-0.2, -0.15) is 0 Å². The summed E-state index contributed by atoms with van der Waals surface area (Å²) < 4.78 is 5.47. The normalized spacial score (nSPS) is 10.4. The maximum atomic E-state index is 6.00. The number of hydrogen-bond acceptors (Lipinski definition) is 3. The van der Waals surface area contributed by atoms with Crippen LogP contribution in [-0.4, -0.2) is 16.6 Å². The van der Waals surface area contributed by atoms with Crippen molar-refractivity contribution < 1.29 is 4.74 Å². The van der Waals surface area contributed by atoms with Crippen LogP contribution in [0.25, 0.3) is 11.4 Å². The molecule has 94 valence electrons. The molecule has 0 aliphatic rings. The van der Waals surface area contributed by atoms with Crippen LogP contribution >= 0.6 is 11.6 Å². The Hall–Kier alpha value is -1.61. The molecule has 0 aliphatic carbocycles. The van der Waals surface area contributed by atoms with E-state index in [1.807, 2.05) is 38.1 Å². The standard InChI is InChI=1S/C14H15ClN2O/c1-3-11-9-13(15)17-14(16-11)10-6-5-7-12(8-10)18-4-2/h5-9H,3-4H2,1-2H3. The Morgan fingerprint density at radius 2 is 2.00 bits per heavy atom. The molecule has 1 heterocycles. The highest BCUT2D eigenvalue weighted by Gasteiger charge is 2.06. The van der Waals surface area contributed by atoms with Crippen molar-refractivity contribution in [3.05, 3.63) is 41.2 Å².